The molecule has 3 rings (SSSR count). The van der Waals surface area contributed by atoms with E-state index in [-0.39, 0.29) is 17.2 Å². The van der Waals surface area contributed by atoms with E-state index in [9.17, 15) is 9.59 Å². The van der Waals surface area contributed by atoms with Gasteiger partial charge in [-0.15, -0.1) is 0 Å². The van der Waals surface area contributed by atoms with Crippen molar-refractivity contribution in [2.75, 3.05) is 39.3 Å². The van der Waals surface area contributed by atoms with Gasteiger partial charge in [0, 0.05) is 50.4 Å². The third kappa shape index (κ3) is 4.86. The van der Waals surface area contributed by atoms with Crippen LogP contribution in [0.4, 0.5) is 0 Å². The molecule has 2 aliphatic heterocycles. The molecular formula is C21H32N4O2. The number of hydrogen-bond donors (Lipinski definition) is 0. The van der Waals surface area contributed by atoms with Gasteiger partial charge in [0.2, 0.25) is 11.8 Å². The number of pyridine rings is 1. The molecule has 0 radical (unpaired) electrons. The summed E-state index contributed by atoms with van der Waals surface area (Å²) in [5.41, 5.74) is 1.11. The summed E-state index contributed by atoms with van der Waals surface area (Å²) in [6, 6.07) is 3.93. The standard InChI is InChI=1S/C21H32N4O2/c1-3-23(4-2)15-20(27)24-12-6-9-21(16-24)10-8-19(26)25(17-21)14-18-7-5-11-22-13-18/h5,7,11,13H,3-4,6,8-10,12,14-17H2,1-2H3/t21-/m1/s1. The van der Waals surface area contributed by atoms with Gasteiger partial charge in [0.05, 0.1) is 6.54 Å². The summed E-state index contributed by atoms with van der Waals surface area (Å²) in [5.74, 6) is 0.449. The third-order valence-electron chi connectivity index (χ3n) is 6.11. The van der Waals surface area contributed by atoms with Crippen LogP contribution in [0.25, 0.3) is 0 Å². The van der Waals surface area contributed by atoms with E-state index in [2.05, 4.69) is 23.7 Å². The molecule has 0 bridgehead atoms. The maximum Gasteiger partial charge on any atom is 0.236 e. The van der Waals surface area contributed by atoms with E-state index >= 15 is 0 Å². The van der Waals surface area contributed by atoms with E-state index in [0.29, 0.717) is 19.5 Å². The highest BCUT2D eigenvalue weighted by Gasteiger charge is 2.42. The molecule has 0 N–H and O–H groups in total. The minimum atomic E-state index is 0.0489. The Bertz CT molecular complexity index is 647. The summed E-state index contributed by atoms with van der Waals surface area (Å²) >= 11 is 0. The van der Waals surface area contributed by atoms with Crippen LogP contribution in [0.1, 0.15) is 45.1 Å². The zero-order chi connectivity index (χ0) is 19.3. The number of piperidine rings is 2. The minimum Gasteiger partial charge on any atom is -0.341 e. The van der Waals surface area contributed by atoms with Crippen molar-refractivity contribution >= 4 is 11.8 Å². The van der Waals surface area contributed by atoms with Gasteiger partial charge in [-0.05, 0) is 44.0 Å². The van der Waals surface area contributed by atoms with Crippen molar-refractivity contribution in [3.63, 3.8) is 0 Å². The molecule has 3 heterocycles. The van der Waals surface area contributed by atoms with E-state index < -0.39 is 0 Å². The first-order chi connectivity index (χ1) is 13.0. The van der Waals surface area contributed by atoms with Gasteiger partial charge in [-0.25, -0.2) is 0 Å². The van der Waals surface area contributed by atoms with Crippen LogP contribution in [0.2, 0.25) is 0 Å². The molecule has 1 aromatic heterocycles. The number of carbonyl (C=O) groups excluding carboxylic acids is 2. The SMILES string of the molecule is CCN(CC)CC(=O)N1CCC[C@@]2(CCC(=O)N(Cc3cccnc3)C2)C1. The second-order valence-corrected chi connectivity index (χ2v) is 7.99. The third-order valence-corrected chi connectivity index (χ3v) is 6.11. The van der Waals surface area contributed by atoms with Crippen molar-refractivity contribution in [3.8, 4) is 0 Å². The summed E-state index contributed by atoms with van der Waals surface area (Å²) in [5, 5.41) is 0. The van der Waals surface area contributed by atoms with Gasteiger partial charge in [0.15, 0.2) is 0 Å². The zero-order valence-electron chi connectivity index (χ0n) is 16.7. The van der Waals surface area contributed by atoms with Gasteiger partial charge in [-0.2, -0.15) is 0 Å². The highest BCUT2D eigenvalue weighted by molar-refractivity contribution is 5.79. The van der Waals surface area contributed by atoms with Gasteiger partial charge in [-0.3, -0.25) is 19.5 Å². The maximum atomic E-state index is 12.8. The number of amides is 2. The van der Waals surface area contributed by atoms with Gasteiger partial charge in [0.1, 0.15) is 0 Å². The molecule has 0 unspecified atom stereocenters. The molecule has 2 amide bonds. The Balaban J connectivity index is 1.65. The summed E-state index contributed by atoms with van der Waals surface area (Å²) in [6.45, 7) is 9.47. The van der Waals surface area contributed by atoms with E-state index in [1.165, 1.54) is 0 Å². The first-order valence-corrected chi connectivity index (χ1v) is 10.2. The number of likely N-dealkylation sites (N-methyl/N-ethyl adjacent to an activating group) is 1. The van der Waals surface area contributed by atoms with Crippen LogP contribution in [0.15, 0.2) is 24.5 Å². The number of rotatable bonds is 6. The number of aromatic nitrogens is 1. The fourth-order valence-electron chi connectivity index (χ4n) is 4.45. The topological polar surface area (TPSA) is 56.8 Å². The Labute approximate surface area is 162 Å². The molecule has 6 nitrogen and oxygen atoms in total. The lowest BCUT2D eigenvalue weighted by molar-refractivity contribution is -0.144. The molecule has 148 valence electrons. The van der Waals surface area contributed by atoms with E-state index in [4.69, 9.17) is 0 Å². The quantitative estimate of drug-likeness (QED) is 0.768. The Morgan fingerprint density at radius 2 is 2.07 bits per heavy atom. The monoisotopic (exact) mass is 372 g/mol. The van der Waals surface area contributed by atoms with Gasteiger partial charge in [0.25, 0.3) is 0 Å². The fraction of sp³-hybridized carbons (Fsp3) is 0.667. The smallest absolute Gasteiger partial charge is 0.236 e. The molecule has 27 heavy (non-hydrogen) atoms. The number of hydrogen-bond acceptors (Lipinski definition) is 4. The Hall–Kier alpha value is -1.95. The molecule has 1 atom stereocenters. The zero-order valence-corrected chi connectivity index (χ0v) is 16.7. The summed E-state index contributed by atoms with van der Waals surface area (Å²) in [6.07, 6.45) is 7.18. The van der Waals surface area contributed by atoms with E-state index in [1.54, 1.807) is 6.20 Å². The molecular weight excluding hydrogens is 340 g/mol. The average molecular weight is 373 g/mol. The van der Waals surface area contributed by atoms with Crippen LogP contribution in [-0.2, 0) is 16.1 Å². The van der Waals surface area contributed by atoms with E-state index in [1.807, 2.05) is 28.1 Å². The van der Waals surface area contributed by atoms with Crippen LogP contribution < -0.4 is 0 Å². The Morgan fingerprint density at radius 1 is 1.26 bits per heavy atom. The lowest BCUT2D eigenvalue weighted by atomic mass is 9.73. The molecule has 2 aliphatic rings. The molecule has 0 saturated carbocycles. The second kappa shape index (κ2) is 8.83. The molecule has 2 fully saturated rings. The van der Waals surface area contributed by atoms with E-state index in [0.717, 1.165) is 57.5 Å². The highest BCUT2D eigenvalue weighted by Crippen LogP contribution is 2.39. The second-order valence-electron chi connectivity index (χ2n) is 7.99. The first-order valence-electron chi connectivity index (χ1n) is 10.2. The van der Waals surface area contributed by atoms with Crippen molar-refractivity contribution in [2.24, 2.45) is 5.41 Å². The van der Waals surface area contributed by atoms with Crippen molar-refractivity contribution in [3.05, 3.63) is 30.1 Å². The number of likely N-dealkylation sites (tertiary alicyclic amines) is 2. The summed E-state index contributed by atoms with van der Waals surface area (Å²) in [7, 11) is 0. The predicted molar refractivity (Wildman–Crippen MR) is 105 cm³/mol. The largest absolute Gasteiger partial charge is 0.341 e. The normalized spacial score (nSPS) is 23.3. The van der Waals surface area contributed by atoms with Gasteiger partial charge in [-0.1, -0.05) is 19.9 Å². The van der Waals surface area contributed by atoms with Gasteiger partial charge < -0.3 is 9.80 Å². The lowest BCUT2D eigenvalue weighted by Crippen LogP contribution is -2.56. The maximum absolute atomic E-state index is 12.8. The van der Waals surface area contributed by atoms with Crippen LogP contribution in [0, 0.1) is 5.41 Å². The van der Waals surface area contributed by atoms with Crippen LogP contribution in [0.3, 0.4) is 0 Å². The van der Waals surface area contributed by atoms with Crippen LogP contribution in [-0.4, -0.2) is 70.8 Å². The molecule has 2 saturated heterocycles. The van der Waals surface area contributed by atoms with Gasteiger partial charge >= 0.3 is 0 Å². The predicted octanol–water partition coefficient (Wildman–Crippen LogP) is 2.15. The summed E-state index contributed by atoms with van der Waals surface area (Å²) < 4.78 is 0. The van der Waals surface area contributed by atoms with Crippen molar-refractivity contribution in [2.45, 2.75) is 46.1 Å². The minimum absolute atomic E-state index is 0.0489. The average Bonchev–Trinajstić information content (AvgIpc) is 2.70. The molecule has 6 heteroatoms. The van der Waals surface area contributed by atoms with Crippen molar-refractivity contribution in [1.29, 1.82) is 0 Å². The van der Waals surface area contributed by atoms with Crippen LogP contribution >= 0.6 is 0 Å². The Morgan fingerprint density at radius 3 is 2.78 bits per heavy atom. The first kappa shape index (κ1) is 19.8. The lowest BCUT2D eigenvalue weighted by Gasteiger charge is -2.48. The number of carbonyl (C=O) groups is 2. The Kier molecular flexibility index (Phi) is 6.47. The number of nitrogens with zero attached hydrogens (tertiary/aromatic N) is 4. The van der Waals surface area contributed by atoms with Crippen LogP contribution in [0.5, 0.6) is 0 Å². The highest BCUT2D eigenvalue weighted by atomic mass is 16.2. The van der Waals surface area contributed by atoms with Crippen molar-refractivity contribution < 1.29 is 9.59 Å². The molecule has 1 aromatic rings. The molecule has 0 aliphatic carbocycles. The summed E-state index contributed by atoms with van der Waals surface area (Å²) in [4.78, 5) is 35.6. The molecule has 0 aromatic carbocycles. The van der Waals surface area contributed by atoms with Crippen molar-refractivity contribution in [1.82, 2.24) is 19.7 Å². The fourth-order valence-corrected chi connectivity index (χ4v) is 4.45. The molecule has 1 spiro atoms.